The average Bonchev–Trinajstić information content (AvgIpc) is 2.47. The fourth-order valence-corrected chi connectivity index (χ4v) is 2.08. The van der Waals surface area contributed by atoms with Crippen molar-refractivity contribution in [3.8, 4) is 5.75 Å². The smallest absolute Gasteiger partial charge is 0.137 e. The molecule has 0 aliphatic heterocycles. The summed E-state index contributed by atoms with van der Waals surface area (Å²) in [5, 5.41) is 0. The molecular formula is C18H20O2. The van der Waals surface area contributed by atoms with Crippen LogP contribution in [0.2, 0.25) is 0 Å². The Balaban J connectivity index is 1.94. The summed E-state index contributed by atoms with van der Waals surface area (Å²) in [6, 6.07) is 17.9. The van der Waals surface area contributed by atoms with Crippen molar-refractivity contribution in [3.05, 3.63) is 65.7 Å². The van der Waals surface area contributed by atoms with Crippen LogP contribution in [0.4, 0.5) is 0 Å². The van der Waals surface area contributed by atoms with Crippen LogP contribution in [0, 0.1) is 0 Å². The van der Waals surface area contributed by atoms with Gasteiger partial charge in [-0.15, -0.1) is 0 Å². The lowest BCUT2D eigenvalue weighted by atomic mass is 10.1. The fourth-order valence-electron chi connectivity index (χ4n) is 2.08. The highest BCUT2D eigenvalue weighted by Crippen LogP contribution is 2.16. The highest BCUT2D eigenvalue weighted by atomic mass is 16.5. The summed E-state index contributed by atoms with van der Waals surface area (Å²) >= 11 is 0. The Kier molecular flexibility index (Phi) is 5.36. The summed E-state index contributed by atoms with van der Waals surface area (Å²) in [5.74, 6) is 1.10. The summed E-state index contributed by atoms with van der Waals surface area (Å²) in [4.78, 5) is 11.7. The predicted octanol–water partition coefficient (Wildman–Crippen LogP) is 4.18. The molecule has 0 bridgehead atoms. The summed E-state index contributed by atoms with van der Waals surface area (Å²) in [7, 11) is 0. The van der Waals surface area contributed by atoms with Crippen LogP contribution in [0.5, 0.6) is 5.75 Å². The third kappa shape index (κ3) is 4.54. The third-order valence-electron chi connectivity index (χ3n) is 3.08. The number of rotatable bonds is 7. The summed E-state index contributed by atoms with van der Waals surface area (Å²) < 4.78 is 5.76. The normalized spacial score (nSPS) is 10.2. The molecule has 2 nitrogen and oxygen atoms in total. The molecule has 2 heteroatoms. The van der Waals surface area contributed by atoms with E-state index in [2.05, 4.69) is 0 Å². The van der Waals surface area contributed by atoms with Gasteiger partial charge in [0.2, 0.25) is 0 Å². The van der Waals surface area contributed by atoms with E-state index in [-0.39, 0.29) is 5.78 Å². The maximum absolute atomic E-state index is 11.7. The Hall–Kier alpha value is -2.09. The van der Waals surface area contributed by atoms with Crippen molar-refractivity contribution < 1.29 is 9.53 Å². The van der Waals surface area contributed by atoms with E-state index in [0.717, 1.165) is 23.3 Å². The van der Waals surface area contributed by atoms with Gasteiger partial charge in [-0.2, -0.15) is 0 Å². The first kappa shape index (κ1) is 14.3. The van der Waals surface area contributed by atoms with Gasteiger partial charge in [0.15, 0.2) is 0 Å². The first-order valence-corrected chi connectivity index (χ1v) is 7.05. The average molecular weight is 268 g/mol. The number of carbonyl (C=O) groups excluding carboxylic acids is 1. The fraction of sp³-hybridized carbons (Fsp3) is 0.278. The first-order valence-electron chi connectivity index (χ1n) is 7.05. The van der Waals surface area contributed by atoms with E-state index >= 15 is 0 Å². The number of benzene rings is 2. The SMILES string of the molecule is CCCC(=O)Cc1cccc(OCc2ccccc2)c1. The second-order valence-electron chi connectivity index (χ2n) is 4.89. The van der Waals surface area contributed by atoms with Gasteiger partial charge in [-0.3, -0.25) is 4.79 Å². The maximum atomic E-state index is 11.7. The molecule has 0 heterocycles. The second-order valence-corrected chi connectivity index (χ2v) is 4.89. The lowest BCUT2D eigenvalue weighted by Crippen LogP contribution is -2.02. The molecule has 2 aromatic carbocycles. The predicted molar refractivity (Wildman–Crippen MR) is 80.8 cm³/mol. The van der Waals surface area contributed by atoms with E-state index in [1.807, 2.05) is 61.5 Å². The van der Waals surface area contributed by atoms with E-state index in [0.29, 0.717) is 19.4 Å². The van der Waals surface area contributed by atoms with E-state index in [1.165, 1.54) is 0 Å². The minimum absolute atomic E-state index is 0.285. The maximum Gasteiger partial charge on any atom is 0.137 e. The summed E-state index contributed by atoms with van der Waals surface area (Å²) in [6.07, 6.45) is 2.05. The zero-order chi connectivity index (χ0) is 14.2. The molecule has 0 saturated carbocycles. The molecule has 0 amide bonds. The van der Waals surface area contributed by atoms with Crippen LogP contribution >= 0.6 is 0 Å². The molecule has 0 aromatic heterocycles. The third-order valence-corrected chi connectivity index (χ3v) is 3.08. The van der Waals surface area contributed by atoms with Crippen molar-refractivity contribution in [1.82, 2.24) is 0 Å². The van der Waals surface area contributed by atoms with Gasteiger partial charge < -0.3 is 4.74 Å². The molecule has 0 spiro atoms. The Labute approximate surface area is 120 Å². The zero-order valence-corrected chi connectivity index (χ0v) is 11.8. The number of Topliss-reactive ketones (excluding diaryl/α,β-unsaturated/α-hetero) is 1. The van der Waals surface area contributed by atoms with Gasteiger partial charge >= 0.3 is 0 Å². The molecule has 0 saturated heterocycles. The quantitative estimate of drug-likeness (QED) is 0.753. The number of hydrogen-bond acceptors (Lipinski definition) is 2. The van der Waals surface area contributed by atoms with Crippen LogP contribution in [-0.2, 0) is 17.8 Å². The van der Waals surface area contributed by atoms with Crippen LogP contribution < -0.4 is 4.74 Å². The standard InChI is InChI=1S/C18H20O2/c1-2-7-17(19)12-16-10-6-11-18(13-16)20-14-15-8-4-3-5-9-15/h3-6,8-11,13H,2,7,12,14H2,1H3. The highest BCUT2D eigenvalue weighted by Gasteiger charge is 2.04. The molecule has 0 radical (unpaired) electrons. The first-order chi connectivity index (χ1) is 9.78. The van der Waals surface area contributed by atoms with E-state index in [1.54, 1.807) is 0 Å². The monoisotopic (exact) mass is 268 g/mol. The van der Waals surface area contributed by atoms with Crippen LogP contribution in [0.15, 0.2) is 54.6 Å². The Morgan fingerprint density at radius 3 is 2.50 bits per heavy atom. The number of ether oxygens (including phenoxy) is 1. The molecule has 0 aliphatic rings. The largest absolute Gasteiger partial charge is 0.489 e. The van der Waals surface area contributed by atoms with Crippen LogP contribution in [0.3, 0.4) is 0 Å². The van der Waals surface area contributed by atoms with Crippen LogP contribution in [0.1, 0.15) is 30.9 Å². The van der Waals surface area contributed by atoms with Crippen molar-refractivity contribution >= 4 is 5.78 Å². The van der Waals surface area contributed by atoms with Crippen molar-refractivity contribution in [2.24, 2.45) is 0 Å². The topological polar surface area (TPSA) is 26.3 Å². The van der Waals surface area contributed by atoms with Gasteiger partial charge in [0.05, 0.1) is 0 Å². The molecule has 0 N–H and O–H groups in total. The minimum Gasteiger partial charge on any atom is -0.489 e. The van der Waals surface area contributed by atoms with E-state index < -0.39 is 0 Å². The Bertz CT molecular complexity index is 546. The van der Waals surface area contributed by atoms with Crippen molar-refractivity contribution in [2.45, 2.75) is 32.8 Å². The van der Waals surface area contributed by atoms with E-state index in [4.69, 9.17) is 4.74 Å². The summed E-state index contributed by atoms with van der Waals surface area (Å²) in [6.45, 7) is 2.57. The molecule has 2 aromatic rings. The van der Waals surface area contributed by atoms with Crippen molar-refractivity contribution in [3.63, 3.8) is 0 Å². The van der Waals surface area contributed by atoms with Gasteiger partial charge in [-0.25, -0.2) is 0 Å². The summed E-state index contributed by atoms with van der Waals surface area (Å²) in [5.41, 5.74) is 2.16. The lowest BCUT2D eigenvalue weighted by Gasteiger charge is -2.08. The molecule has 2 rings (SSSR count). The molecule has 104 valence electrons. The van der Waals surface area contributed by atoms with Gasteiger partial charge in [-0.05, 0) is 29.7 Å². The molecule has 20 heavy (non-hydrogen) atoms. The molecule has 0 unspecified atom stereocenters. The van der Waals surface area contributed by atoms with Gasteiger partial charge in [0.1, 0.15) is 18.1 Å². The second kappa shape index (κ2) is 7.49. The van der Waals surface area contributed by atoms with Crippen LogP contribution in [-0.4, -0.2) is 5.78 Å². The molecule has 0 aliphatic carbocycles. The zero-order valence-electron chi connectivity index (χ0n) is 11.8. The van der Waals surface area contributed by atoms with E-state index in [9.17, 15) is 4.79 Å². The number of ketones is 1. The number of carbonyl (C=O) groups is 1. The van der Waals surface area contributed by atoms with Crippen molar-refractivity contribution in [1.29, 1.82) is 0 Å². The van der Waals surface area contributed by atoms with Gasteiger partial charge in [-0.1, -0.05) is 49.4 Å². The molecule has 0 fully saturated rings. The van der Waals surface area contributed by atoms with Crippen LogP contribution in [0.25, 0.3) is 0 Å². The molecular weight excluding hydrogens is 248 g/mol. The molecule has 0 atom stereocenters. The van der Waals surface area contributed by atoms with Gasteiger partial charge in [0, 0.05) is 12.8 Å². The number of hydrogen-bond donors (Lipinski definition) is 0. The van der Waals surface area contributed by atoms with Gasteiger partial charge in [0.25, 0.3) is 0 Å². The van der Waals surface area contributed by atoms with Crippen molar-refractivity contribution in [2.75, 3.05) is 0 Å². The Morgan fingerprint density at radius 1 is 1.00 bits per heavy atom. The highest BCUT2D eigenvalue weighted by molar-refractivity contribution is 5.80. The minimum atomic E-state index is 0.285. The Morgan fingerprint density at radius 2 is 1.75 bits per heavy atom. The lowest BCUT2D eigenvalue weighted by molar-refractivity contribution is -0.118.